The molecule has 0 saturated heterocycles. The Bertz CT molecular complexity index is 706. The number of nitrogens with one attached hydrogen (secondary N) is 2. The number of methoxy groups -OCH3 is 1. The first-order chi connectivity index (χ1) is 10.1. The van der Waals surface area contributed by atoms with Crippen LogP contribution >= 0.6 is 0 Å². The number of benzene rings is 1. The van der Waals surface area contributed by atoms with Crippen molar-refractivity contribution in [3.8, 4) is 0 Å². The molecule has 0 spiro atoms. The third-order valence-corrected chi connectivity index (χ3v) is 4.26. The van der Waals surface area contributed by atoms with Crippen molar-refractivity contribution in [3.63, 3.8) is 0 Å². The molecule has 1 saturated carbocycles. The Kier molecular flexibility index (Phi) is 3.55. The molecule has 0 unspecified atom stereocenters. The Morgan fingerprint density at radius 3 is 3.00 bits per heavy atom. The van der Waals surface area contributed by atoms with E-state index >= 15 is 0 Å². The minimum absolute atomic E-state index is 0.169. The zero-order chi connectivity index (χ0) is 14.9. The van der Waals surface area contributed by atoms with Crippen molar-refractivity contribution in [2.45, 2.75) is 19.3 Å². The molecule has 1 fully saturated rings. The standard InChI is InChI=1S/C15H20N4O2/c1-21-5-4-15(2-3-15)8-17-13-7-12-10(6-11(13)16)14(20)19-9-18-12/h6-7,9,17H,2-5,8,16H2,1H3,(H,18,19,20). The summed E-state index contributed by atoms with van der Waals surface area (Å²) in [5.41, 5.74) is 8.26. The second-order valence-electron chi connectivity index (χ2n) is 5.78. The van der Waals surface area contributed by atoms with Gasteiger partial charge in [-0.25, -0.2) is 4.98 Å². The average molecular weight is 288 g/mol. The molecule has 1 heterocycles. The Labute approximate surface area is 122 Å². The molecule has 112 valence electrons. The van der Waals surface area contributed by atoms with Crippen molar-refractivity contribution in [3.05, 3.63) is 28.8 Å². The normalized spacial score (nSPS) is 16.0. The zero-order valence-electron chi connectivity index (χ0n) is 12.1. The molecule has 1 aromatic heterocycles. The van der Waals surface area contributed by atoms with Gasteiger partial charge in [0.2, 0.25) is 0 Å². The number of nitrogen functional groups attached to an aromatic ring is 1. The highest BCUT2D eigenvalue weighted by atomic mass is 16.5. The smallest absolute Gasteiger partial charge is 0.258 e. The second kappa shape index (κ2) is 5.37. The molecule has 1 aliphatic rings. The summed E-state index contributed by atoms with van der Waals surface area (Å²) >= 11 is 0. The van der Waals surface area contributed by atoms with E-state index in [9.17, 15) is 4.79 Å². The Hall–Kier alpha value is -2.08. The van der Waals surface area contributed by atoms with E-state index in [1.807, 2.05) is 6.07 Å². The third kappa shape index (κ3) is 2.85. The number of fused-ring (bicyclic) bond motifs is 1. The van der Waals surface area contributed by atoms with Gasteiger partial charge in [-0.2, -0.15) is 0 Å². The van der Waals surface area contributed by atoms with Gasteiger partial charge in [-0.3, -0.25) is 4.79 Å². The van der Waals surface area contributed by atoms with E-state index in [0.29, 0.717) is 22.0 Å². The lowest BCUT2D eigenvalue weighted by Gasteiger charge is -2.17. The van der Waals surface area contributed by atoms with E-state index in [-0.39, 0.29) is 5.56 Å². The Morgan fingerprint density at radius 1 is 1.48 bits per heavy atom. The molecule has 0 aliphatic heterocycles. The van der Waals surface area contributed by atoms with Gasteiger partial charge in [0.15, 0.2) is 0 Å². The second-order valence-corrected chi connectivity index (χ2v) is 5.78. The lowest BCUT2D eigenvalue weighted by Crippen LogP contribution is -2.18. The van der Waals surface area contributed by atoms with Crippen molar-refractivity contribution < 1.29 is 4.74 Å². The number of H-pyrrole nitrogens is 1. The molecule has 2 aromatic rings. The van der Waals surface area contributed by atoms with E-state index in [1.165, 1.54) is 19.2 Å². The summed E-state index contributed by atoms with van der Waals surface area (Å²) in [7, 11) is 1.73. The number of aromatic amines is 1. The number of nitrogens with two attached hydrogens (primary N) is 1. The number of rotatable bonds is 6. The van der Waals surface area contributed by atoms with Gasteiger partial charge in [0.25, 0.3) is 5.56 Å². The van der Waals surface area contributed by atoms with E-state index in [0.717, 1.165) is 25.3 Å². The maximum atomic E-state index is 11.7. The molecule has 6 heteroatoms. The van der Waals surface area contributed by atoms with Crippen molar-refractivity contribution in [1.82, 2.24) is 9.97 Å². The van der Waals surface area contributed by atoms with Crippen LogP contribution in [0.15, 0.2) is 23.3 Å². The van der Waals surface area contributed by atoms with Gasteiger partial charge in [-0.05, 0) is 36.8 Å². The molecular formula is C15H20N4O2. The van der Waals surface area contributed by atoms with Crippen LogP contribution in [0.2, 0.25) is 0 Å². The van der Waals surface area contributed by atoms with Crippen LogP contribution in [-0.4, -0.2) is 30.2 Å². The minimum Gasteiger partial charge on any atom is -0.397 e. The van der Waals surface area contributed by atoms with Crippen molar-refractivity contribution in [2.75, 3.05) is 31.3 Å². The highest BCUT2D eigenvalue weighted by Gasteiger charge is 2.41. The summed E-state index contributed by atoms with van der Waals surface area (Å²) in [6, 6.07) is 3.52. The van der Waals surface area contributed by atoms with Crippen LogP contribution in [-0.2, 0) is 4.74 Å². The molecular weight excluding hydrogens is 268 g/mol. The highest BCUT2D eigenvalue weighted by molar-refractivity contribution is 5.88. The third-order valence-electron chi connectivity index (χ3n) is 4.26. The Morgan fingerprint density at radius 2 is 2.29 bits per heavy atom. The predicted octanol–water partition coefficient (Wildman–Crippen LogP) is 1.73. The summed E-state index contributed by atoms with van der Waals surface area (Å²) in [6.45, 7) is 1.65. The molecule has 3 rings (SSSR count). The van der Waals surface area contributed by atoms with E-state index in [2.05, 4.69) is 15.3 Å². The van der Waals surface area contributed by atoms with Crippen LogP contribution in [0.4, 0.5) is 11.4 Å². The van der Waals surface area contributed by atoms with Crippen LogP contribution in [0, 0.1) is 5.41 Å². The molecule has 0 amide bonds. The monoisotopic (exact) mass is 288 g/mol. The summed E-state index contributed by atoms with van der Waals surface area (Å²) < 4.78 is 5.16. The number of nitrogens with zero attached hydrogens (tertiary/aromatic N) is 1. The average Bonchev–Trinajstić information content (AvgIpc) is 3.25. The summed E-state index contributed by atoms with van der Waals surface area (Å²) in [5, 5.41) is 3.92. The predicted molar refractivity (Wildman–Crippen MR) is 83.4 cm³/mol. The van der Waals surface area contributed by atoms with Gasteiger partial charge >= 0.3 is 0 Å². The van der Waals surface area contributed by atoms with Gasteiger partial charge in [-0.15, -0.1) is 0 Å². The molecule has 0 bridgehead atoms. The van der Waals surface area contributed by atoms with Crippen LogP contribution in [0.25, 0.3) is 10.9 Å². The van der Waals surface area contributed by atoms with Crippen LogP contribution in [0.1, 0.15) is 19.3 Å². The quantitative estimate of drug-likeness (QED) is 0.704. The molecule has 6 nitrogen and oxygen atoms in total. The fraction of sp³-hybridized carbons (Fsp3) is 0.467. The number of hydrogen-bond acceptors (Lipinski definition) is 5. The summed E-state index contributed by atoms with van der Waals surface area (Å²) in [5.74, 6) is 0. The maximum absolute atomic E-state index is 11.7. The highest BCUT2D eigenvalue weighted by Crippen LogP contribution is 2.48. The molecule has 21 heavy (non-hydrogen) atoms. The van der Waals surface area contributed by atoms with Gasteiger partial charge in [0, 0.05) is 20.3 Å². The van der Waals surface area contributed by atoms with E-state index < -0.39 is 0 Å². The van der Waals surface area contributed by atoms with Crippen molar-refractivity contribution in [2.24, 2.45) is 5.41 Å². The number of hydrogen-bond donors (Lipinski definition) is 3. The van der Waals surface area contributed by atoms with Gasteiger partial charge < -0.3 is 20.8 Å². The van der Waals surface area contributed by atoms with Crippen LogP contribution in [0.3, 0.4) is 0 Å². The van der Waals surface area contributed by atoms with E-state index in [4.69, 9.17) is 10.5 Å². The molecule has 4 N–H and O–H groups in total. The van der Waals surface area contributed by atoms with Crippen LogP contribution in [0.5, 0.6) is 0 Å². The zero-order valence-corrected chi connectivity index (χ0v) is 12.1. The first-order valence-corrected chi connectivity index (χ1v) is 7.13. The summed E-state index contributed by atoms with van der Waals surface area (Å²) in [4.78, 5) is 18.4. The number of aromatic nitrogens is 2. The number of ether oxygens (including phenoxy) is 1. The fourth-order valence-corrected chi connectivity index (χ4v) is 2.58. The largest absolute Gasteiger partial charge is 0.397 e. The SMILES string of the molecule is COCCC1(CNc2cc3nc[nH]c(=O)c3cc2N)CC1. The van der Waals surface area contributed by atoms with E-state index in [1.54, 1.807) is 13.2 Å². The van der Waals surface area contributed by atoms with Crippen LogP contribution < -0.4 is 16.6 Å². The molecule has 0 radical (unpaired) electrons. The summed E-state index contributed by atoms with van der Waals surface area (Å²) in [6.07, 6.45) is 4.90. The van der Waals surface area contributed by atoms with Crippen molar-refractivity contribution >= 4 is 22.3 Å². The van der Waals surface area contributed by atoms with Crippen molar-refractivity contribution in [1.29, 1.82) is 0 Å². The molecule has 1 aromatic carbocycles. The first-order valence-electron chi connectivity index (χ1n) is 7.13. The Balaban J connectivity index is 1.78. The van der Waals surface area contributed by atoms with Gasteiger partial charge in [-0.1, -0.05) is 0 Å². The lowest BCUT2D eigenvalue weighted by molar-refractivity contribution is 0.175. The lowest BCUT2D eigenvalue weighted by atomic mass is 10.0. The fourth-order valence-electron chi connectivity index (χ4n) is 2.58. The molecule has 0 atom stereocenters. The molecule has 1 aliphatic carbocycles. The minimum atomic E-state index is -0.169. The maximum Gasteiger partial charge on any atom is 0.258 e. The van der Waals surface area contributed by atoms with Gasteiger partial charge in [0.1, 0.15) is 0 Å². The first kappa shape index (κ1) is 13.9. The van der Waals surface area contributed by atoms with Gasteiger partial charge in [0.05, 0.1) is 28.6 Å². The topological polar surface area (TPSA) is 93.0 Å². The number of anilines is 2.